The molecule has 0 atom stereocenters. The first-order chi connectivity index (χ1) is 7.58. The number of rotatable bonds is 4. The number of nitrogens with zero attached hydrogens (tertiary/aromatic N) is 1. The van der Waals surface area contributed by atoms with E-state index in [1.807, 2.05) is 0 Å². The Morgan fingerprint density at radius 1 is 1.56 bits per heavy atom. The van der Waals surface area contributed by atoms with E-state index >= 15 is 0 Å². The number of carbonyl (C=O) groups excluding carboxylic acids is 2. The van der Waals surface area contributed by atoms with Crippen LogP contribution in [0.15, 0.2) is 12.3 Å². The third kappa shape index (κ3) is 2.83. The summed E-state index contributed by atoms with van der Waals surface area (Å²) >= 11 is 0. The minimum absolute atomic E-state index is 0.0936. The number of esters is 1. The molecular formula is C10H15N3O3. The van der Waals surface area contributed by atoms with Gasteiger partial charge in [0.1, 0.15) is 5.69 Å². The number of aromatic nitrogens is 1. The van der Waals surface area contributed by atoms with Gasteiger partial charge < -0.3 is 20.4 Å². The lowest BCUT2D eigenvalue weighted by Crippen LogP contribution is -2.21. The molecule has 3 N–H and O–H groups in total. The number of aryl methyl sites for hydroxylation is 1. The van der Waals surface area contributed by atoms with Crippen LogP contribution in [0.5, 0.6) is 0 Å². The molecule has 0 unspecified atom stereocenters. The van der Waals surface area contributed by atoms with Gasteiger partial charge in [-0.25, -0.2) is 4.79 Å². The van der Waals surface area contributed by atoms with Crippen LogP contribution in [-0.4, -0.2) is 29.6 Å². The van der Waals surface area contributed by atoms with Crippen molar-refractivity contribution < 1.29 is 14.3 Å². The second-order valence-electron chi connectivity index (χ2n) is 3.20. The zero-order valence-corrected chi connectivity index (χ0v) is 9.32. The molecule has 0 fully saturated rings. The molecule has 0 spiro atoms. The van der Waals surface area contributed by atoms with E-state index < -0.39 is 5.97 Å². The van der Waals surface area contributed by atoms with Gasteiger partial charge in [0.25, 0.3) is 0 Å². The first kappa shape index (κ1) is 12.3. The van der Waals surface area contributed by atoms with Crippen LogP contribution in [0.4, 0.5) is 5.69 Å². The minimum Gasteiger partial charge on any atom is -0.461 e. The minimum atomic E-state index is -0.418. The summed E-state index contributed by atoms with van der Waals surface area (Å²) in [5, 5.41) is 2.56. The Bertz CT molecular complexity index is 398. The summed E-state index contributed by atoms with van der Waals surface area (Å²) in [7, 11) is 1.70. The SMILES string of the molecule is CCOC(=O)c1cc(NC(=O)CN)cn1C. The van der Waals surface area contributed by atoms with Gasteiger partial charge in [0.05, 0.1) is 18.8 Å². The fraction of sp³-hybridized carbons (Fsp3) is 0.400. The Hall–Kier alpha value is -1.82. The Morgan fingerprint density at radius 2 is 2.25 bits per heavy atom. The Labute approximate surface area is 93.4 Å². The van der Waals surface area contributed by atoms with Crippen molar-refractivity contribution in [1.29, 1.82) is 0 Å². The van der Waals surface area contributed by atoms with Gasteiger partial charge in [-0.2, -0.15) is 0 Å². The van der Waals surface area contributed by atoms with Crippen molar-refractivity contribution in [3.05, 3.63) is 18.0 Å². The molecule has 6 heteroatoms. The third-order valence-corrected chi connectivity index (χ3v) is 1.96. The van der Waals surface area contributed by atoms with Crippen molar-refractivity contribution in [2.45, 2.75) is 6.92 Å². The highest BCUT2D eigenvalue weighted by molar-refractivity contribution is 5.95. The number of hydrogen-bond donors (Lipinski definition) is 2. The molecule has 16 heavy (non-hydrogen) atoms. The highest BCUT2D eigenvalue weighted by atomic mass is 16.5. The maximum absolute atomic E-state index is 11.5. The van der Waals surface area contributed by atoms with E-state index in [0.717, 1.165) is 0 Å². The van der Waals surface area contributed by atoms with E-state index in [1.165, 1.54) is 0 Å². The van der Waals surface area contributed by atoms with E-state index in [4.69, 9.17) is 10.5 Å². The van der Waals surface area contributed by atoms with Crippen LogP contribution in [0.3, 0.4) is 0 Å². The molecule has 0 saturated carbocycles. The van der Waals surface area contributed by atoms with Gasteiger partial charge in [0.2, 0.25) is 5.91 Å². The average Bonchev–Trinajstić information content (AvgIpc) is 2.59. The molecule has 0 aliphatic rings. The van der Waals surface area contributed by atoms with Crippen LogP contribution >= 0.6 is 0 Å². The van der Waals surface area contributed by atoms with Crippen LogP contribution in [0.1, 0.15) is 17.4 Å². The third-order valence-electron chi connectivity index (χ3n) is 1.96. The molecule has 0 bridgehead atoms. The second-order valence-corrected chi connectivity index (χ2v) is 3.20. The van der Waals surface area contributed by atoms with Crippen molar-refractivity contribution in [3.8, 4) is 0 Å². The van der Waals surface area contributed by atoms with Gasteiger partial charge in [-0.05, 0) is 13.0 Å². The molecule has 1 aromatic heterocycles. The Kier molecular flexibility index (Phi) is 4.07. The highest BCUT2D eigenvalue weighted by Gasteiger charge is 2.13. The number of nitrogens with two attached hydrogens (primary N) is 1. The monoisotopic (exact) mass is 225 g/mol. The van der Waals surface area contributed by atoms with E-state index in [2.05, 4.69) is 5.32 Å². The lowest BCUT2D eigenvalue weighted by Gasteiger charge is -2.01. The number of anilines is 1. The van der Waals surface area contributed by atoms with E-state index in [-0.39, 0.29) is 12.5 Å². The molecule has 1 aromatic rings. The maximum Gasteiger partial charge on any atom is 0.355 e. The van der Waals surface area contributed by atoms with Crippen molar-refractivity contribution in [2.75, 3.05) is 18.5 Å². The zero-order chi connectivity index (χ0) is 12.1. The fourth-order valence-corrected chi connectivity index (χ4v) is 1.25. The van der Waals surface area contributed by atoms with E-state index in [1.54, 1.807) is 30.8 Å². The largest absolute Gasteiger partial charge is 0.461 e. The number of hydrogen-bond acceptors (Lipinski definition) is 4. The summed E-state index contributed by atoms with van der Waals surface area (Å²) in [6.45, 7) is 1.95. The molecule has 1 rings (SSSR count). The first-order valence-electron chi connectivity index (χ1n) is 4.92. The van der Waals surface area contributed by atoms with Crippen molar-refractivity contribution >= 4 is 17.6 Å². The van der Waals surface area contributed by atoms with Gasteiger partial charge in [-0.15, -0.1) is 0 Å². The summed E-state index contributed by atoms with van der Waals surface area (Å²) in [6.07, 6.45) is 1.62. The lowest BCUT2D eigenvalue weighted by molar-refractivity contribution is -0.114. The standard InChI is InChI=1S/C10H15N3O3/c1-3-16-10(15)8-4-7(6-13(8)2)12-9(14)5-11/h4,6H,3,5,11H2,1-2H3,(H,12,14). The molecule has 1 amide bonds. The smallest absolute Gasteiger partial charge is 0.355 e. The van der Waals surface area contributed by atoms with Crippen molar-refractivity contribution in [1.82, 2.24) is 4.57 Å². The zero-order valence-electron chi connectivity index (χ0n) is 9.32. The van der Waals surface area contributed by atoms with Gasteiger partial charge in [0.15, 0.2) is 0 Å². The lowest BCUT2D eigenvalue weighted by atomic mass is 10.4. The molecule has 88 valence electrons. The summed E-state index contributed by atoms with van der Waals surface area (Å²) in [5.74, 6) is -0.723. The number of nitrogens with one attached hydrogen (secondary N) is 1. The fourth-order valence-electron chi connectivity index (χ4n) is 1.25. The highest BCUT2D eigenvalue weighted by Crippen LogP contribution is 2.13. The van der Waals surface area contributed by atoms with Gasteiger partial charge in [-0.1, -0.05) is 0 Å². The number of carbonyl (C=O) groups is 2. The Morgan fingerprint density at radius 3 is 2.81 bits per heavy atom. The first-order valence-corrected chi connectivity index (χ1v) is 4.92. The van der Waals surface area contributed by atoms with Gasteiger partial charge in [0, 0.05) is 13.2 Å². The quantitative estimate of drug-likeness (QED) is 0.711. The summed E-state index contributed by atoms with van der Waals surface area (Å²) in [5.41, 5.74) is 6.07. The molecule has 0 radical (unpaired) electrons. The van der Waals surface area contributed by atoms with Crippen LogP contribution < -0.4 is 11.1 Å². The van der Waals surface area contributed by atoms with Crippen molar-refractivity contribution in [2.24, 2.45) is 12.8 Å². The predicted octanol–water partition coefficient (Wildman–Crippen LogP) is 0.0990. The van der Waals surface area contributed by atoms with Gasteiger partial charge in [-0.3, -0.25) is 4.79 Å². The number of ether oxygens (including phenoxy) is 1. The van der Waals surface area contributed by atoms with Crippen LogP contribution in [0.25, 0.3) is 0 Å². The van der Waals surface area contributed by atoms with E-state index in [0.29, 0.717) is 18.0 Å². The summed E-state index contributed by atoms with van der Waals surface area (Å²) in [6, 6.07) is 1.55. The Balaban J connectivity index is 2.81. The molecule has 1 heterocycles. The molecular weight excluding hydrogens is 210 g/mol. The predicted molar refractivity (Wildman–Crippen MR) is 59.1 cm³/mol. The second kappa shape index (κ2) is 5.32. The molecule has 0 aliphatic carbocycles. The molecule has 0 saturated heterocycles. The summed E-state index contributed by atoms with van der Waals surface area (Å²) in [4.78, 5) is 22.5. The van der Waals surface area contributed by atoms with Gasteiger partial charge >= 0.3 is 5.97 Å². The maximum atomic E-state index is 11.5. The molecule has 6 nitrogen and oxygen atoms in total. The summed E-state index contributed by atoms with van der Waals surface area (Å²) < 4.78 is 6.44. The van der Waals surface area contributed by atoms with E-state index in [9.17, 15) is 9.59 Å². The normalized spacial score (nSPS) is 9.94. The molecule has 0 aromatic carbocycles. The van der Waals surface area contributed by atoms with Crippen LogP contribution in [0.2, 0.25) is 0 Å². The molecule has 0 aliphatic heterocycles. The average molecular weight is 225 g/mol. The topological polar surface area (TPSA) is 86.3 Å². The van der Waals surface area contributed by atoms with Crippen molar-refractivity contribution in [3.63, 3.8) is 0 Å². The number of amides is 1. The van der Waals surface area contributed by atoms with Crippen LogP contribution in [-0.2, 0) is 16.6 Å². The van der Waals surface area contributed by atoms with Crippen LogP contribution in [0, 0.1) is 0 Å².